The number of nitrogens with zero attached hydrogens (tertiary/aromatic N) is 1. The number of carbonyl (C=O) groups is 1. The minimum atomic E-state index is 0.556. The van der Waals surface area contributed by atoms with Crippen molar-refractivity contribution in [3.05, 3.63) is 59.9 Å². The standard InChI is InChI=1S/C15H13NO2/c1-18-14-7-5-12(6-8-14)10-13(11-17)15-4-2-3-9-16-15/h2-11H,1H3. The first-order chi connectivity index (χ1) is 8.83. The third-order valence-corrected chi connectivity index (χ3v) is 2.53. The smallest absolute Gasteiger partial charge is 0.152 e. The fourth-order valence-electron chi connectivity index (χ4n) is 1.58. The van der Waals surface area contributed by atoms with Crippen molar-refractivity contribution >= 4 is 17.9 Å². The van der Waals surface area contributed by atoms with Crippen molar-refractivity contribution in [3.8, 4) is 5.75 Å². The van der Waals surface area contributed by atoms with Crippen LogP contribution in [-0.2, 0) is 4.79 Å². The van der Waals surface area contributed by atoms with Gasteiger partial charge in [0, 0.05) is 11.8 Å². The number of aromatic nitrogens is 1. The average molecular weight is 239 g/mol. The van der Waals surface area contributed by atoms with Crippen molar-refractivity contribution in [2.75, 3.05) is 7.11 Å². The quantitative estimate of drug-likeness (QED) is 0.608. The van der Waals surface area contributed by atoms with Crippen molar-refractivity contribution in [1.29, 1.82) is 0 Å². The molecule has 0 amide bonds. The number of aldehydes is 1. The van der Waals surface area contributed by atoms with Crippen LogP contribution in [0.4, 0.5) is 0 Å². The van der Waals surface area contributed by atoms with Gasteiger partial charge in [-0.05, 0) is 35.9 Å². The molecule has 0 fully saturated rings. The molecule has 0 aliphatic rings. The number of hydrogen-bond donors (Lipinski definition) is 0. The van der Waals surface area contributed by atoms with Gasteiger partial charge < -0.3 is 4.74 Å². The first-order valence-electron chi connectivity index (χ1n) is 5.56. The SMILES string of the molecule is COc1ccc(C=C(C=O)c2ccccn2)cc1. The molecule has 1 aromatic carbocycles. The summed E-state index contributed by atoms with van der Waals surface area (Å²) < 4.78 is 5.08. The van der Waals surface area contributed by atoms with Crippen molar-refractivity contribution in [3.63, 3.8) is 0 Å². The number of hydrogen-bond acceptors (Lipinski definition) is 3. The number of carbonyl (C=O) groups excluding carboxylic acids is 1. The molecule has 0 unspecified atom stereocenters. The van der Waals surface area contributed by atoms with Gasteiger partial charge in [-0.1, -0.05) is 18.2 Å². The van der Waals surface area contributed by atoms with Gasteiger partial charge in [-0.3, -0.25) is 9.78 Å². The summed E-state index contributed by atoms with van der Waals surface area (Å²) >= 11 is 0. The predicted octanol–water partition coefficient (Wildman–Crippen LogP) is 2.83. The molecule has 2 aromatic rings. The maximum atomic E-state index is 11.1. The van der Waals surface area contributed by atoms with Gasteiger partial charge in [0.25, 0.3) is 0 Å². The zero-order valence-corrected chi connectivity index (χ0v) is 10.0. The summed E-state index contributed by atoms with van der Waals surface area (Å²) in [7, 11) is 1.62. The second kappa shape index (κ2) is 5.77. The van der Waals surface area contributed by atoms with E-state index in [1.54, 1.807) is 19.4 Å². The van der Waals surface area contributed by atoms with Crippen LogP contribution < -0.4 is 4.74 Å². The van der Waals surface area contributed by atoms with E-state index in [4.69, 9.17) is 4.74 Å². The van der Waals surface area contributed by atoms with Crippen LogP contribution in [0.15, 0.2) is 48.7 Å². The van der Waals surface area contributed by atoms with Gasteiger partial charge in [-0.2, -0.15) is 0 Å². The highest BCUT2D eigenvalue weighted by Crippen LogP contribution is 2.17. The maximum Gasteiger partial charge on any atom is 0.152 e. The highest BCUT2D eigenvalue weighted by molar-refractivity contribution is 6.12. The van der Waals surface area contributed by atoms with E-state index in [-0.39, 0.29) is 0 Å². The molecule has 3 nitrogen and oxygen atoms in total. The predicted molar refractivity (Wildman–Crippen MR) is 71.2 cm³/mol. The summed E-state index contributed by atoms with van der Waals surface area (Å²) in [6.45, 7) is 0. The van der Waals surface area contributed by atoms with E-state index in [9.17, 15) is 4.79 Å². The van der Waals surface area contributed by atoms with E-state index in [2.05, 4.69) is 4.98 Å². The molecule has 3 heteroatoms. The Balaban J connectivity index is 2.32. The molecule has 0 aliphatic heterocycles. The van der Waals surface area contributed by atoms with E-state index in [0.29, 0.717) is 11.3 Å². The molecular formula is C15H13NO2. The molecule has 2 rings (SSSR count). The summed E-state index contributed by atoms with van der Waals surface area (Å²) in [5, 5.41) is 0. The highest BCUT2D eigenvalue weighted by atomic mass is 16.5. The Kier molecular flexibility index (Phi) is 3.86. The summed E-state index contributed by atoms with van der Waals surface area (Å²) in [5.74, 6) is 0.789. The fourth-order valence-corrected chi connectivity index (χ4v) is 1.58. The van der Waals surface area contributed by atoms with Crippen LogP contribution in [0.5, 0.6) is 5.75 Å². The summed E-state index contributed by atoms with van der Waals surface area (Å²) in [5.41, 5.74) is 2.16. The lowest BCUT2D eigenvalue weighted by atomic mass is 10.1. The largest absolute Gasteiger partial charge is 0.497 e. The lowest BCUT2D eigenvalue weighted by molar-refractivity contribution is -0.103. The molecule has 0 N–H and O–H groups in total. The van der Waals surface area contributed by atoms with Gasteiger partial charge in [0.15, 0.2) is 6.29 Å². The fraction of sp³-hybridized carbons (Fsp3) is 0.0667. The Morgan fingerprint density at radius 1 is 1.17 bits per heavy atom. The number of rotatable bonds is 4. The Morgan fingerprint density at radius 3 is 2.50 bits per heavy atom. The highest BCUT2D eigenvalue weighted by Gasteiger charge is 2.01. The minimum absolute atomic E-state index is 0.556. The van der Waals surface area contributed by atoms with Crippen LogP contribution >= 0.6 is 0 Å². The third kappa shape index (κ3) is 2.83. The topological polar surface area (TPSA) is 39.2 Å². The number of methoxy groups -OCH3 is 1. The van der Waals surface area contributed by atoms with Gasteiger partial charge >= 0.3 is 0 Å². The number of ether oxygens (including phenoxy) is 1. The minimum Gasteiger partial charge on any atom is -0.497 e. The molecule has 0 aliphatic carbocycles. The zero-order chi connectivity index (χ0) is 12.8. The number of pyridine rings is 1. The molecule has 0 spiro atoms. The molecule has 0 saturated carbocycles. The van der Waals surface area contributed by atoms with E-state index < -0.39 is 0 Å². The molecule has 18 heavy (non-hydrogen) atoms. The van der Waals surface area contributed by atoms with Crippen molar-refractivity contribution < 1.29 is 9.53 Å². The average Bonchev–Trinajstić information content (AvgIpc) is 2.46. The van der Waals surface area contributed by atoms with E-state index >= 15 is 0 Å². The molecule has 0 radical (unpaired) electrons. The van der Waals surface area contributed by atoms with Crippen LogP contribution in [0.3, 0.4) is 0 Å². The molecule has 1 heterocycles. The first kappa shape index (κ1) is 12.0. The van der Waals surface area contributed by atoms with Crippen LogP contribution in [0.2, 0.25) is 0 Å². The second-order valence-electron chi connectivity index (χ2n) is 3.71. The monoisotopic (exact) mass is 239 g/mol. The van der Waals surface area contributed by atoms with Crippen LogP contribution in [0.25, 0.3) is 11.6 Å². The summed E-state index contributed by atoms with van der Waals surface area (Å²) in [4.78, 5) is 15.3. The normalized spacial score (nSPS) is 11.1. The van der Waals surface area contributed by atoms with Crippen LogP contribution in [0, 0.1) is 0 Å². The summed E-state index contributed by atoms with van der Waals surface area (Å²) in [6.07, 6.45) is 4.28. The van der Waals surface area contributed by atoms with Gasteiger partial charge in [-0.25, -0.2) is 0 Å². The van der Waals surface area contributed by atoms with E-state index in [1.807, 2.05) is 42.5 Å². The molecule has 0 atom stereocenters. The van der Waals surface area contributed by atoms with Crippen molar-refractivity contribution in [1.82, 2.24) is 4.98 Å². The second-order valence-corrected chi connectivity index (χ2v) is 3.71. The van der Waals surface area contributed by atoms with E-state index in [1.165, 1.54) is 0 Å². The van der Waals surface area contributed by atoms with E-state index in [0.717, 1.165) is 17.6 Å². The van der Waals surface area contributed by atoms with Crippen molar-refractivity contribution in [2.45, 2.75) is 0 Å². The number of allylic oxidation sites excluding steroid dienone is 1. The molecule has 90 valence electrons. The Morgan fingerprint density at radius 2 is 1.94 bits per heavy atom. The zero-order valence-electron chi connectivity index (χ0n) is 10.0. The Bertz CT molecular complexity index is 544. The summed E-state index contributed by atoms with van der Waals surface area (Å²) in [6, 6.07) is 13.0. The first-order valence-corrected chi connectivity index (χ1v) is 5.56. The van der Waals surface area contributed by atoms with Crippen molar-refractivity contribution in [2.24, 2.45) is 0 Å². The molecular weight excluding hydrogens is 226 g/mol. The van der Waals surface area contributed by atoms with Gasteiger partial charge in [-0.15, -0.1) is 0 Å². The van der Waals surface area contributed by atoms with Crippen LogP contribution in [0.1, 0.15) is 11.3 Å². The molecule has 1 aromatic heterocycles. The Labute approximate surface area is 106 Å². The van der Waals surface area contributed by atoms with Crippen LogP contribution in [-0.4, -0.2) is 18.4 Å². The maximum absolute atomic E-state index is 11.1. The molecule has 0 saturated heterocycles. The lowest BCUT2D eigenvalue weighted by Gasteiger charge is -2.01. The third-order valence-electron chi connectivity index (χ3n) is 2.53. The van der Waals surface area contributed by atoms with Gasteiger partial charge in [0.1, 0.15) is 5.75 Å². The van der Waals surface area contributed by atoms with Gasteiger partial charge in [0.2, 0.25) is 0 Å². The molecule has 0 bridgehead atoms. The van der Waals surface area contributed by atoms with Gasteiger partial charge in [0.05, 0.1) is 12.8 Å². The lowest BCUT2D eigenvalue weighted by Crippen LogP contribution is -1.89. The Hall–Kier alpha value is -2.42. The number of benzene rings is 1.